The molecule has 0 aromatic heterocycles. The third-order valence-electron chi connectivity index (χ3n) is 9.38. The Morgan fingerprint density at radius 1 is 0.800 bits per heavy atom. The Bertz CT molecular complexity index is 1860. The van der Waals surface area contributed by atoms with Crippen LogP contribution in [0.5, 0.6) is 0 Å². The van der Waals surface area contributed by atoms with Crippen LogP contribution in [0.2, 0.25) is 5.02 Å². The largest absolute Gasteiger partial charge is 0.465 e. The van der Waals surface area contributed by atoms with Gasteiger partial charge in [-0.3, -0.25) is 19.4 Å². The second kappa shape index (κ2) is 19.8. The molecule has 12 nitrogen and oxygen atoms in total. The Morgan fingerprint density at radius 2 is 1.38 bits per heavy atom. The molecule has 0 radical (unpaired) electrons. The normalized spacial score (nSPS) is 13.0. The Kier molecular flexibility index (Phi) is 14.6. The first-order valence-corrected chi connectivity index (χ1v) is 18.7. The summed E-state index contributed by atoms with van der Waals surface area (Å²) in [6.07, 6.45) is -2.38. The van der Waals surface area contributed by atoms with Crippen molar-refractivity contribution in [2.45, 2.75) is 58.0 Å². The second-order valence-electron chi connectivity index (χ2n) is 12.9. The zero-order chi connectivity index (χ0) is 39.3. The number of nitrogens with one attached hydrogen (secondary N) is 2. The van der Waals surface area contributed by atoms with Crippen molar-refractivity contribution in [2.75, 3.05) is 37.8 Å². The van der Waals surface area contributed by atoms with Crippen LogP contribution in [0.1, 0.15) is 49.8 Å². The molecule has 1 aliphatic carbocycles. The van der Waals surface area contributed by atoms with Crippen LogP contribution in [-0.2, 0) is 30.3 Å². The van der Waals surface area contributed by atoms with E-state index < -0.39 is 48.9 Å². The number of rotatable bonds is 18. The summed E-state index contributed by atoms with van der Waals surface area (Å²) >= 11 is 6.20. The van der Waals surface area contributed by atoms with Crippen molar-refractivity contribution >= 4 is 41.3 Å². The molecule has 0 heterocycles. The van der Waals surface area contributed by atoms with Gasteiger partial charge >= 0.3 is 12.2 Å². The lowest BCUT2D eigenvalue weighted by atomic mass is 9.98. The van der Waals surface area contributed by atoms with E-state index in [0.717, 1.165) is 27.2 Å². The van der Waals surface area contributed by atoms with Gasteiger partial charge < -0.3 is 30.0 Å². The molecule has 0 saturated heterocycles. The quantitative estimate of drug-likeness (QED) is 0.0913. The number of hydrogen-bond acceptors (Lipinski definition) is 7. The predicted octanol–water partition coefficient (Wildman–Crippen LogP) is 7.05. The van der Waals surface area contributed by atoms with Crippen LogP contribution in [0.3, 0.4) is 0 Å². The molecule has 1 aliphatic rings. The summed E-state index contributed by atoms with van der Waals surface area (Å²) in [7, 11) is 0. The van der Waals surface area contributed by atoms with Crippen LogP contribution in [-0.4, -0.2) is 85.3 Å². The summed E-state index contributed by atoms with van der Waals surface area (Å²) in [5, 5.41) is 16.4. The molecule has 4 aromatic rings. The molecule has 55 heavy (non-hydrogen) atoms. The number of hydrogen-bond donors (Lipinski definition) is 3. The number of carbonyl (C=O) groups excluding carboxylic acids is 3. The lowest BCUT2D eigenvalue weighted by Gasteiger charge is -2.36. The maximum Gasteiger partial charge on any atom is 0.408 e. The summed E-state index contributed by atoms with van der Waals surface area (Å²) in [6, 6.07) is 28.3. The van der Waals surface area contributed by atoms with Crippen LogP contribution >= 0.6 is 11.6 Å². The highest BCUT2D eigenvalue weighted by atomic mass is 35.5. The van der Waals surface area contributed by atoms with Crippen LogP contribution in [0.25, 0.3) is 11.1 Å². The van der Waals surface area contributed by atoms with Crippen molar-refractivity contribution in [1.29, 1.82) is 0 Å². The number of fused-ring (bicyclic) bond motifs is 3. The first-order chi connectivity index (χ1) is 26.6. The van der Waals surface area contributed by atoms with Gasteiger partial charge in [0.1, 0.15) is 18.7 Å². The molecule has 5 rings (SSSR count). The zero-order valence-electron chi connectivity index (χ0n) is 31.2. The molecule has 2 atom stereocenters. The van der Waals surface area contributed by atoms with Gasteiger partial charge in [-0.05, 0) is 72.9 Å². The number of benzene rings is 4. The Hall–Kier alpha value is -5.43. The SMILES string of the molecule is CCOC(CCNC(=O)C(C)N(C(=O)C(CNC(=O)OCC1c2ccccc2-c2ccccc21)N(Cc1ccccc1)C(=O)O)c1ccc(Cl)cc1)OCC. The molecule has 4 amide bonds. The van der Waals surface area contributed by atoms with E-state index in [0.29, 0.717) is 35.9 Å². The average Bonchev–Trinajstić information content (AvgIpc) is 3.51. The minimum absolute atomic E-state index is 0.0205. The number of nitrogens with zero attached hydrogens (tertiary/aromatic N) is 2. The molecule has 0 bridgehead atoms. The molecule has 0 spiro atoms. The molecule has 0 fully saturated rings. The summed E-state index contributed by atoms with van der Waals surface area (Å²) in [5.74, 6) is -1.45. The number of amides is 4. The highest BCUT2D eigenvalue weighted by molar-refractivity contribution is 6.30. The van der Waals surface area contributed by atoms with E-state index in [4.69, 9.17) is 25.8 Å². The summed E-state index contributed by atoms with van der Waals surface area (Å²) in [6.45, 7) is 5.69. The minimum atomic E-state index is -1.48. The first kappa shape index (κ1) is 40.7. The molecule has 290 valence electrons. The van der Waals surface area contributed by atoms with E-state index in [-0.39, 0.29) is 25.6 Å². The van der Waals surface area contributed by atoms with E-state index in [9.17, 15) is 24.3 Å². The smallest absolute Gasteiger partial charge is 0.408 e. The van der Waals surface area contributed by atoms with Gasteiger partial charge in [-0.1, -0.05) is 90.5 Å². The number of carboxylic acid groups (broad SMARTS) is 1. The number of carbonyl (C=O) groups is 4. The van der Waals surface area contributed by atoms with Gasteiger partial charge in [0.25, 0.3) is 5.91 Å². The molecule has 2 unspecified atom stereocenters. The summed E-state index contributed by atoms with van der Waals surface area (Å²) in [4.78, 5) is 56.9. The second-order valence-corrected chi connectivity index (χ2v) is 13.3. The summed E-state index contributed by atoms with van der Waals surface area (Å²) in [5.41, 5.74) is 5.11. The molecule has 0 saturated carbocycles. The highest BCUT2D eigenvalue weighted by Crippen LogP contribution is 2.44. The Balaban J connectivity index is 1.38. The fraction of sp³-hybridized carbons (Fsp3) is 0.333. The van der Waals surface area contributed by atoms with Gasteiger partial charge in [-0.25, -0.2) is 9.59 Å². The maximum absolute atomic E-state index is 14.8. The van der Waals surface area contributed by atoms with E-state index in [2.05, 4.69) is 10.6 Å². The number of anilines is 1. The number of halogens is 1. The third-order valence-corrected chi connectivity index (χ3v) is 9.63. The van der Waals surface area contributed by atoms with Gasteiger partial charge in [-0.15, -0.1) is 0 Å². The van der Waals surface area contributed by atoms with Gasteiger partial charge in [0.15, 0.2) is 6.29 Å². The van der Waals surface area contributed by atoms with Gasteiger partial charge in [0.05, 0.1) is 6.54 Å². The molecule has 3 N–H and O–H groups in total. The molecule has 13 heteroatoms. The van der Waals surface area contributed by atoms with E-state index in [1.165, 1.54) is 4.90 Å². The van der Waals surface area contributed by atoms with Crippen molar-refractivity contribution in [3.63, 3.8) is 0 Å². The van der Waals surface area contributed by atoms with Gasteiger partial charge in [-0.2, -0.15) is 0 Å². The molecular weight excluding hydrogens is 724 g/mol. The van der Waals surface area contributed by atoms with Crippen LogP contribution in [0.15, 0.2) is 103 Å². The lowest BCUT2D eigenvalue weighted by Crippen LogP contribution is -2.59. The Labute approximate surface area is 326 Å². The van der Waals surface area contributed by atoms with E-state index >= 15 is 0 Å². The number of ether oxygens (including phenoxy) is 3. The lowest BCUT2D eigenvalue weighted by molar-refractivity contribution is -0.140. The van der Waals surface area contributed by atoms with Crippen molar-refractivity contribution in [1.82, 2.24) is 15.5 Å². The topological polar surface area (TPSA) is 147 Å². The van der Waals surface area contributed by atoms with E-state index in [1.807, 2.05) is 62.4 Å². The monoisotopic (exact) mass is 770 g/mol. The first-order valence-electron chi connectivity index (χ1n) is 18.3. The average molecular weight is 771 g/mol. The number of alkyl carbamates (subject to hydrolysis) is 1. The maximum atomic E-state index is 14.8. The van der Waals surface area contributed by atoms with Crippen molar-refractivity contribution < 1.29 is 38.5 Å². The van der Waals surface area contributed by atoms with Gasteiger partial charge in [0, 0.05) is 49.4 Å². The van der Waals surface area contributed by atoms with Crippen LogP contribution < -0.4 is 15.5 Å². The standard InChI is InChI=1S/C42H47ClN4O8/c1-4-53-38(54-5-2)23-24-44-39(48)28(3)47(31-21-19-30(43)20-22-31)40(49)37(46(42(51)52)26-29-13-7-6-8-14-29)25-45-41(50)55-27-36-34-17-11-9-15-32(34)33-16-10-12-18-35(33)36/h6-22,28,36-38H,4-5,23-27H2,1-3H3,(H,44,48)(H,45,50)(H,51,52). The van der Waals surface area contributed by atoms with Crippen LogP contribution in [0.4, 0.5) is 15.3 Å². The summed E-state index contributed by atoms with van der Waals surface area (Å²) < 4.78 is 16.9. The Morgan fingerprint density at radius 3 is 1.96 bits per heavy atom. The fourth-order valence-corrected chi connectivity index (χ4v) is 6.85. The molecular formula is C42H47ClN4O8. The highest BCUT2D eigenvalue weighted by Gasteiger charge is 2.38. The van der Waals surface area contributed by atoms with Crippen molar-refractivity contribution in [3.05, 3.63) is 125 Å². The van der Waals surface area contributed by atoms with Gasteiger partial charge in [0.2, 0.25) is 5.91 Å². The van der Waals surface area contributed by atoms with Crippen molar-refractivity contribution in [2.24, 2.45) is 0 Å². The van der Waals surface area contributed by atoms with E-state index in [1.54, 1.807) is 61.5 Å². The minimum Gasteiger partial charge on any atom is -0.465 e. The van der Waals surface area contributed by atoms with Crippen molar-refractivity contribution in [3.8, 4) is 11.1 Å². The van der Waals surface area contributed by atoms with Crippen LogP contribution in [0, 0.1) is 0 Å². The third kappa shape index (κ3) is 10.4. The molecule has 0 aliphatic heterocycles. The fourth-order valence-electron chi connectivity index (χ4n) is 6.72. The predicted molar refractivity (Wildman–Crippen MR) is 210 cm³/mol. The molecule has 4 aromatic carbocycles. The zero-order valence-corrected chi connectivity index (χ0v) is 31.9.